The van der Waals surface area contributed by atoms with Crippen molar-refractivity contribution in [3.63, 3.8) is 0 Å². The fourth-order valence-electron chi connectivity index (χ4n) is 2.29. The topological polar surface area (TPSA) is 3.24 Å². The van der Waals surface area contributed by atoms with Gasteiger partial charge in [0.05, 0.1) is 0 Å². The van der Waals surface area contributed by atoms with Gasteiger partial charge in [-0.15, -0.1) is 0 Å². The van der Waals surface area contributed by atoms with Gasteiger partial charge in [0.25, 0.3) is 0 Å². The molecule has 0 aromatic carbocycles. The van der Waals surface area contributed by atoms with E-state index in [9.17, 15) is 0 Å². The first-order chi connectivity index (χ1) is 5.29. The van der Waals surface area contributed by atoms with Crippen LogP contribution in [-0.4, -0.2) is 23.5 Å². The lowest BCUT2D eigenvalue weighted by atomic mass is 9.95. The summed E-state index contributed by atoms with van der Waals surface area (Å²) in [6.07, 6.45) is 7.56. The SMILES string of the molecule is CC1C=CC2CCCN2C1C. The molecule has 2 heterocycles. The fraction of sp³-hybridized carbons (Fsp3) is 0.800. The van der Waals surface area contributed by atoms with Crippen molar-refractivity contribution in [2.24, 2.45) is 5.92 Å². The molecule has 1 nitrogen and oxygen atoms in total. The molecule has 62 valence electrons. The highest BCUT2D eigenvalue weighted by Crippen LogP contribution is 2.28. The Morgan fingerprint density at radius 3 is 2.91 bits per heavy atom. The highest BCUT2D eigenvalue weighted by atomic mass is 15.2. The van der Waals surface area contributed by atoms with Gasteiger partial charge in [-0.2, -0.15) is 0 Å². The molecule has 2 aliphatic heterocycles. The average molecular weight is 151 g/mol. The first-order valence-electron chi connectivity index (χ1n) is 4.73. The van der Waals surface area contributed by atoms with E-state index in [2.05, 4.69) is 30.9 Å². The Morgan fingerprint density at radius 1 is 1.27 bits per heavy atom. The Kier molecular flexibility index (Phi) is 1.76. The Bertz CT molecular complexity index is 174. The van der Waals surface area contributed by atoms with E-state index < -0.39 is 0 Å². The summed E-state index contributed by atoms with van der Waals surface area (Å²) in [6.45, 7) is 5.99. The van der Waals surface area contributed by atoms with Crippen LogP contribution in [0.4, 0.5) is 0 Å². The molecule has 2 rings (SSSR count). The van der Waals surface area contributed by atoms with Crippen LogP contribution in [0.5, 0.6) is 0 Å². The first-order valence-corrected chi connectivity index (χ1v) is 4.73. The van der Waals surface area contributed by atoms with E-state index in [-0.39, 0.29) is 0 Å². The van der Waals surface area contributed by atoms with Gasteiger partial charge in [-0.1, -0.05) is 19.1 Å². The molecule has 1 fully saturated rings. The van der Waals surface area contributed by atoms with E-state index in [1.807, 2.05) is 0 Å². The molecular weight excluding hydrogens is 134 g/mol. The van der Waals surface area contributed by atoms with Crippen molar-refractivity contribution in [2.75, 3.05) is 6.54 Å². The lowest BCUT2D eigenvalue weighted by molar-refractivity contribution is 0.173. The smallest absolute Gasteiger partial charge is 0.0281 e. The van der Waals surface area contributed by atoms with E-state index in [1.54, 1.807) is 0 Å². The van der Waals surface area contributed by atoms with Crippen LogP contribution in [0.3, 0.4) is 0 Å². The van der Waals surface area contributed by atoms with Gasteiger partial charge in [-0.05, 0) is 32.2 Å². The molecule has 0 radical (unpaired) electrons. The van der Waals surface area contributed by atoms with Crippen LogP contribution in [0, 0.1) is 5.92 Å². The average Bonchev–Trinajstić information content (AvgIpc) is 2.45. The molecule has 3 unspecified atom stereocenters. The third-order valence-corrected chi connectivity index (χ3v) is 3.26. The number of rotatable bonds is 0. The van der Waals surface area contributed by atoms with Crippen molar-refractivity contribution >= 4 is 0 Å². The third-order valence-electron chi connectivity index (χ3n) is 3.26. The molecular formula is C10H17N. The van der Waals surface area contributed by atoms with Gasteiger partial charge in [0.2, 0.25) is 0 Å². The van der Waals surface area contributed by atoms with Crippen LogP contribution in [0.15, 0.2) is 12.2 Å². The molecule has 11 heavy (non-hydrogen) atoms. The fourth-order valence-corrected chi connectivity index (χ4v) is 2.29. The van der Waals surface area contributed by atoms with E-state index in [1.165, 1.54) is 19.4 Å². The quantitative estimate of drug-likeness (QED) is 0.479. The minimum atomic E-state index is 0.754. The van der Waals surface area contributed by atoms with Crippen LogP contribution in [0.1, 0.15) is 26.7 Å². The van der Waals surface area contributed by atoms with E-state index in [0.29, 0.717) is 0 Å². The Hall–Kier alpha value is -0.300. The lowest BCUT2D eigenvalue weighted by Gasteiger charge is -2.35. The second-order valence-corrected chi connectivity index (χ2v) is 3.93. The largest absolute Gasteiger partial charge is 0.294 e. The third kappa shape index (κ3) is 1.12. The first kappa shape index (κ1) is 7.35. The molecule has 0 bridgehead atoms. The molecule has 3 atom stereocenters. The van der Waals surface area contributed by atoms with Gasteiger partial charge in [-0.25, -0.2) is 0 Å². The molecule has 0 aromatic heterocycles. The van der Waals surface area contributed by atoms with Crippen molar-refractivity contribution in [1.29, 1.82) is 0 Å². The molecule has 0 amide bonds. The zero-order valence-corrected chi connectivity index (χ0v) is 7.46. The predicted molar refractivity (Wildman–Crippen MR) is 47.5 cm³/mol. The summed E-state index contributed by atoms with van der Waals surface area (Å²) < 4.78 is 0. The maximum absolute atomic E-state index is 2.64. The van der Waals surface area contributed by atoms with Crippen LogP contribution in [0.2, 0.25) is 0 Å². The Morgan fingerprint density at radius 2 is 2.09 bits per heavy atom. The second-order valence-electron chi connectivity index (χ2n) is 3.93. The summed E-state index contributed by atoms with van der Waals surface area (Å²) in [7, 11) is 0. The summed E-state index contributed by atoms with van der Waals surface area (Å²) in [5.74, 6) is 0.754. The summed E-state index contributed by atoms with van der Waals surface area (Å²) in [6, 6.07) is 1.55. The summed E-state index contributed by atoms with van der Waals surface area (Å²) >= 11 is 0. The number of fused-ring (bicyclic) bond motifs is 1. The second kappa shape index (κ2) is 2.63. The van der Waals surface area contributed by atoms with Gasteiger partial charge >= 0.3 is 0 Å². The predicted octanol–water partition coefficient (Wildman–Crippen LogP) is 2.05. The summed E-state index contributed by atoms with van der Waals surface area (Å²) in [4.78, 5) is 2.64. The molecule has 1 heteroatoms. The highest BCUT2D eigenvalue weighted by molar-refractivity contribution is 5.07. The number of hydrogen-bond donors (Lipinski definition) is 0. The van der Waals surface area contributed by atoms with Gasteiger partial charge in [-0.3, -0.25) is 4.90 Å². The van der Waals surface area contributed by atoms with E-state index in [0.717, 1.165) is 18.0 Å². The molecule has 2 aliphatic rings. The molecule has 1 saturated heterocycles. The van der Waals surface area contributed by atoms with Crippen molar-refractivity contribution < 1.29 is 0 Å². The van der Waals surface area contributed by atoms with E-state index in [4.69, 9.17) is 0 Å². The highest BCUT2D eigenvalue weighted by Gasteiger charge is 2.31. The van der Waals surface area contributed by atoms with Crippen LogP contribution >= 0.6 is 0 Å². The van der Waals surface area contributed by atoms with Crippen LogP contribution < -0.4 is 0 Å². The summed E-state index contributed by atoms with van der Waals surface area (Å²) in [5.41, 5.74) is 0. The van der Waals surface area contributed by atoms with Crippen LogP contribution in [0.25, 0.3) is 0 Å². The molecule has 0 aromatic rings. The zero-order valence-electron chi connectivity index (χ0n) is 7.46. The summed E-state index contributed by atoms with van der Waals surface area (Å²) in [5, 5.41) is 0. The van der Waals surface area contributed by atoms with Crippen LogP contribution in [-0.2, 0) is 0 Å². The monoisotopic (exact) mass is 151 g/mol. The van der Waals surface area contributed by atoms with Gasteiger partial charge in [0.1, 0.15) is 0 Å². The Labute approximate surface area is 69.1 Å². The molecule has 0 saturated carbocycles. The zero-order chi connectivity index (χ0) is 7.84. The van der Waals surface area contributed by atoms with E-state index >= 15 is 0 Å². The Balaban J connectivity index is 2.17. The van der Waals surface area contributed by atoms with Crippen molar-refractivity contribution in [3.05, 3.63) is 12.2 Å². The maximum Gasteiger partial charge on any atom is 0.0281 e. The van der Waals surface area contributed by atoms with Gasteiger partial charge in [0.15, 0.2) is 0 Å². The number of hydrogen-bond acceptors (Lipinski definition) is 1. The van der Waals surface area contributed by atoms with Crippen molar-refractivity contribution in [3.8, 4) is 0 Å². The minimum Gasteiger partial charge on any atom is -0.294 e. The molecule has 0 spiro atoms. The van der Waals surface area contributed by atoms with Crippen molar-refractivity contribution in [1.82, 2.24) is 4.90 Å². The normalized spacial score (nSPS) is 44.4. The minimum absolute atomic E-state index is 0.754. The van der Waals surface area contributed by atoms with Gasteiger partial charge in [0, 0.05) is 12.1 Å². The number of nitrogens with zero attached hydrogens (tertiary/aromatic N) is 1. The molecule has 0 N–H and O–H groups in total. The maximum atomic E-state index is 2.64. The van der Waals surface area contributed by atoms with Crippen molar-refractivity contribution in [2.45, 2.75) is 38.8 Å². The molecule has 0 aliphatic carbocycles. The van der Waals surface area contributed by atoms with Gasteiger partial charge < -0.3 is 0 Å². The lowest BCUT2D eigenvalue weighted by Crippen LogP contribution is -2.42. The standard InChI is InChI=1S/C10H17N/c1-8-5-6-10-4-3-7-11(10)9(8)2/h5-6,8-10H,3-4,7H2,1-2H3.